The molecule has 6 nitrogen and oxygen atoms in total. The largest absolute Gasteiger partial charge is 0.483 e. The third kappa shape index (κ3) is 5.06. The Hall–Kier alpha value is -2.34. The second kappa shape index (κ2) is 9.22. The molecule has 0 aliphatic heterocycles. The Kier molecular flexibility index (Phi) is 7.01. The van der Waals surface area contributed by atoms with Gasteiger partial charge in [-0.2, -0.15) is 0 Å². The first kappa shape index (κ1) is 19.0. The van der Waals surface area contributed by atoms with Gasteiger partial charge in [0.2, 0.25) is 0 Å². The zero-order valence-corrected chi connectivity index (χ0v) is 15.2. The van der Waals surface area contributed by atoms with E-state index in [1.54, 1.807) is 11.6 Å². The van der Waals surface area contributed by atoms with Crippen LogP contribution in [0.1, 0.15) is 20.3 Å². The lowest BCUT2D eigenvalue weighted by Crippen LogP contribution is -2.32. The number of ether oxygens (including phenoxy) is 1. The predicted octanol–water partition coefficient (Wildman–Crippen LogP) is 1.77. The maximum Gasteiger partial charge on any atom is 0.257 e. The predicted molar refractivity (Wildman–Crippen MR) is 100 cm³/mol. The van der Waals surface area contributed by atoms with Gasteiger partial charge in [0.05, 0.1) is 5.52 Å². The summed E-state index contributed by atoms with van der Waals surface area (Å²) in [5, 5.41) is 3.68. The first-order chi connectivity index (χ1) is 12.1. The molecule has 2 aromatic rings. The van der Waals surface area contributed by atoms with Crippen molar-refractivity contribution in [3.05, 3.63) is 40.7 Å². The summed E-state index contributed by atoms with van der Waals surface area (Å²) in [6, 6.07) is 8.92. The van der Waals surface area contributed by atoms with Crippen molar-refractivity contribution in [2.45, 2.75) is 20.3 Å². The molecule has 0 saturated heterocycles. The van der Waals surface area contributed by atoms with E-state index in [4.69, 9.17) is 4.74 Å². The number of aryl methyl sites for hydroxylation is 1. The smallest absolute Gasteiger partial charge is 0.257 e. The van der Waals surface area contributed by atoms with Crippen molar-refractivity contribution in [1.82, 2.24) is 14.8 Å². The van der Waals surface area contributed by atoms with Crippen LogP contribution < -0.4 is 15.6 Å². The molecule has 1 amide bonds. The summed E-state index contributed by atoms with van der Waals surface area (Å²) in [4.78, 5) is 26.3. The Bertz CT molecular complexity index is 766. The molecule has 25 heavy (non-hydrogen) atoms. The van der Waals surface area contributed by atoms with Crippen molar-refractivity contribution in [3.8, 4) is 5.75 Å². The second-order valence-electron chi connectivity index (χ2n) is 5.94. The lowest BCUT2D eigenvalue weighted by Gasteiger charge is -2.17. The summed E-state index contributed by atoms with van der Waals surface area (Å²) in [6.07, 6.45) is 0.905. The topological polar surface area (TPSA) is 63.6 Å². The molecule has 0 fully saturated rings. The summed E-state index contributed by atoms with van der Waals surface area (Å²) in [6.45, 7) is 7.79. The highest BCUT2D eigenvalue weighted by Gasteiger charge is 2.09. The van der Waals surface area contributed by atoms with Crippen LogP contribution >= 0.6 is 0 Å². The Morgan fingerprint density at radius 1 is 1.24 bits per heavy atom. The standard InChI is InChI=1S/C19H27N3O3/c1-4-22(5-2)12-8-11-20-18(23)14-25-17-13-19(24)21(3)16-10-7-6-9-15(16)17/h6-7,9-10,13H,4-5,8,11-12,14H2,1-3H3,(H,20,23). The molecule has 1 aromatic carbocycles. The van der Waals surface area contributed by atoms with E-state index in [1.165, 1.54) is 6.07 Å². The van der Waals surface area contributed by atoms with Crippen LogP contribution in [0.15, 0.2) is 35.1 Å². The maximum atomic E-state index is 12.0. The number of carbonyl (C=O) groups is 1. The van der Waals surface area contributed by atoms with Crippen molar-refractivity contribution >= 4 is 16.8 Å². The van der Waals surface area contributed by atoms with Gasteiger partial charge >= 0.3 is 0 Å². The zero-order chi connectivity index (χ0) is 18.2. The molecule has 0 unspecified atom stereocenters. The lowest BCUT2D eigenvalue weighted by molar-refractivity contribution is -0.123. The van der Waals surface area contributed by atoms with E-state index in [2.05, 4.69) is 24.1 Å². The van der Waals surface area contributed by atoms with Crippen molar-refractivity contribution < 1.29 is 9.53 Å². The number of carbonyl (C=O) groups excluding carboxylic acids is 1. The van der Waals surface area contributed by atoms with E-state index in [9.17, 15) is 9.59 Å². The van der Waals surface area contributed by atoms with Crippen LogP contribution in [0.4, 0.5) is 0 Å². The van der Waals surface area contributed by atoms with Gasteiger partial charge in [0.1, 0.15) is 5.75 Å². The molecule has 0 saturated carbocycles. The highest BCUT2D eigenvalue weighted by Crippen LogP contribution is 2.22. The van der Waals surface area contributed by atoms with Crippen molar-refractivity contribution in [3.63, 3.8) is 0 Å². The molecular weight excluding hydrogens is 318 g/mol. The van der Waals surface area contributed by atoms with Gasteiger partial charge < -0.3 is 19.5 Å². The van der Waals surface area contributed by atoms with Crippen molar-refractivity contribution in [2.75, 3.05) is 32.8 Å². The number of hydrogen-bond donors (Lipinski definition) is 1. The number of aromatic nitrogens is 1. The SMILES string of the molecule is CCN(CC)CCCNC(=O)COc1cc(=O)n(C)c2ccccc12. The minimum atomic E-state index is -0.177. The van der Waals surface area contributed by atoms with Crippen LogP contribution in [-0.2, 0) is 11.8 Å². The molecular formula is C19H27N3O3. The first-order valence-corrected chi connectivity index (χ1v) is 8.77. The quantitative estimate of drug-likeness (QED) is 0.704. The van der Waals surface area contributed by atoms with Crippen LogP contribution in [0, 0.1) is 0 Å². The van der Waals surface area contributed by atoms with Crippen molar-refractivity contribution in [2.24, 2.45) is 7.05 Å². The van der Waals surface area contributed by atoms with E-state index in [0.29, 0.717) is 12.3 Å². The van der Waals surface area contributed by atoms with Gasteiger partial charge in [0, 0.05) is 25.0 Å². The Morgan fingerprint density at radius 2 is 1.96 bits per heavy atom. The van der Waals surface area contributed by atoms with Crippen LogP contribution in [-0.4, -0.2) is 48.2 Å². The lowest BCUT2D eigenvalue weighted by atomic mass is 10.2. The molecule has 136 valence electrons. The number of hydrogen-bond acceptors (Lipinski definition) is 4. The zero-order valence-electron chi connectivity index (χ0n) is 15.2. The summed E-state index contributed by atoms with van der Waals surface area (Å²) < 4.78 is 7.17. The molecule has 0 spiro atoms. The number of nitrogens with zero attached hydrogens (tertiary/aromatic N) is 2. The number of rotatable bonds is 9. The summed E-state index contributed by atoms with van der Waals surface area (Å²) in [5.74, 6) is 0.265. The third-order valence-corrected chi connectivity index (χ3v) is 4.34. The van der Waals surface area contributed by atoms with Crippen LogP contribution in [0.5, 0.6) is 5.75 Å². The van der Waals surface area contributed by atoms with Gasteiger partial charge in [-0.25, -0.2) is 0 Å². The first-order valence-electron chi connectivity index (χ1n) is 8.77. The number of amides is 1. The fourth-order valence-corrected chi connectivity index (χ4v) is 2.76. The van der Waals surface area contributed by atoms with Gasteiger partial charge in [0.15, 0.2) is 6.61 Å². The van der Waals surface area contributed by atoms with E-state index < -0.39 is 0 Å². The third-order valence-electron chi connectivity index (χ3n) is 4.34. The Balaban J connectivity index is 1.89. The molecule has 0 bridgehead atoms. The number of benzene rings is 1. The van der Waals surface area contributed by atoms with E-state index >= 15 is 0 Å². The van der Waals surface area contributed by atoms with Gasteiger partial charge in [-0.15, -0.1) is 0 Å². The molecule has 6 heteroatoms. The van der Waals surface area contributed by atoms with Crippen LogP contribution in [0.25, 0.3) is 10.9 Å². The molecule has 1 heterocycles. The van der Waals surface area contributed by atoms with Crippen LogP contribution in [0.2, 0.25) is 0 Å². The monoisotopic (exact) mass is 345 g/mol. The molecule has 1 aromatic heterocycles. The van der Waals surface area contributed by atoms with E-state index in [0.717, 1.165) is 37.0 Å². The average molecular weight is 345 g/mol. The fraction of sp³-hybridized carbons (Fsp3) is 0.474. The number of para-hydroxylation sites is 1. The Labute approximate surface area is 148 Å². The highest BCUT2D eigenvalue weighted by molar-refractivity contribution is 5.86. The highest BCUT2D eigenvalue weighted by atomic mass is 16.5. The summed E-state index contributed by atoms with van der Waals surface area (Å²) >= 11 is 0. The van der Waals surface area contributed by atoms with Gasteiger partial charge in [-0.3, -0.25) is 9.59 Å². The van der Waals surface area contributed by atoms with Gasteiger partial charge in [-0.05, 0) is 38.2 Å². The number of pyridine rings is 1. The normalized spacial score (nSPS) is 11.0. The number of nitrogens with one attached hydrogen (secondary N) is 1. The van der Waals surface area contributed by atoms with E-state index in [-0.39, 0.29) is 18.1 Å². The molecule has 0 aliphatic carbocycles. The molecule has 0 radical (unpaired) electrons. The minimum absolute atomic E-state index is 0.0948. The molecule has 1 N–H and O–H groups in total. The average Bonchev–Trinajstić information content (AvgIpc) is 2.63. The van der Waals surface area contributed by atoms with E-state index in [1.807, 2.05) is 24.3 Å². The molecule has 0 atom stereocenters. The fourth-order valence-electron chi connectivity index (χ4n) is 2.76. The van der Waals surface area contributed by atoms with Crippen LogP contribution in [0.3, 0.4) is 0 Å². The minimum Gasteiger partial charge on any atom is -0.483 e. The van der Waals surface area contributed by atoms with Gasteiger partial charge in [-0.1, -0.05) is 26.0 Å². The maximum absolute atomic E-state index is 12.0. The second-order valence-corrected chi connectivity index (χ2v) is 5.94. The van der Waals surface area contributed by atoms with Crippen molar-refractivity contribution in [1.29, 1.82) is 0 Å². The summed E-state index contributed by atoms with van der Waals surface area (Å²) in [7, 11) is 1.72. The molecule has 2 rings (SSSR count). The number of fused-ring (bicyclic) bond motifs is 1. The Morgan fingerprint density at radius 3 is 2.68 bits per heavy atom. The van der Waals surface area contributed by atoms with Gasteiger partial charge in [0.25, 0.3) is 11.5 Å². The summed E-state index contributed by atoms with van der Waals surface area (Å²) in [5.41, 5.74) is 0.623. The molecule has 0 aliphatic rings.